The minimum Gasteiger partial charge on any atom is -0.454 e. The summed E-state index contributed by atoms with van der Waals surface area (Å²) in [4.78, 5) is 12.5. The molecule has 1 fully saturated rings. The molecule has 134 valence electrons. The minimum absolute atomic E-state index is 0. The Hall–Kier alpha value is -2.32. The van der Waals surface area contributed by atoms with Crippen LogP contribution in [0.2, 0.25) is 0 Å². The van der Waals surface area contributed by atoms with Crippen LogP contribution in [-0.2, 0) is 0 Å². The molecule has 1 aromatic carbocycles. The van der Waals surface area contributed by atoms with Crippen LogP contribution < -0.4 is 20.1 Å². The number of fused-ring (bicyclic) bond motifs is 1. The maximum atomic E-state index is 12.5. The van der Waals surface area contributed by atoms with E-state index in [9.17, 15) is 4.79 Å². The molecule has 1 amide bonds. The van der Waals surface area contributed by atoms with Gasteiger partial charge in [-0.1, -0.05) is 5.21 Å². The number of carbonyl (C=O) groups excluding carboxylic acids is 1. The summed E-state index contributed by atoms with van der Waals surface area (Å²) in [6, 6.07) is 5.59. The van der Waals surface area contributed by atoms with Gasteiger partial charge in [-0.25, -0.2) is 4.68 Å². The van der Waals surface area contributed by atoms with E-state index < -0.39 is 0 Å². The summed E-state index contributed by atoms with van der Waals surface area (Å²) in [6.45, 7) is 4.01. The zero-order chi connectivity index (χ0) is 16.5. The maximum absolute atomic E-state index is 12.5. The van der Waals surface area contributed by atoms with Gasteiger partial charge in [0.05, 0.1) is 11.7 Å². The third-order valence-electron chi connectivity index (χ3n) is 4.43. The summed E-state index contributed by atoms with van der Waals surface area (Å²) in [5.41, 5.74) is 1.78. The fourth-order valence-electron chi connectivity index (χ4n) is 3.11. The number of piperidine rings is 1. The van der Waals surface area contributed by atoms with E-state index in [2.05, 4.69) is 20.9 Å². The van der Waals surface area contributed by atoms with Crippen molar-refractivity contribution in [2.75, 3.05) is 25.2 Å². The molecule has 0 atom stereocenters. The molecule has 9 heteroatoms. The largest absolute Gasteiger partial charge is 0.454 e. The molecule has 0 bridgehead atoms. The van der Waals surface area contributed by atoms with Gasteiger partial charge in [-0.05, 0) is 45.0 Å². The van der Waals surface area contributed by atoms with Crippen molar-refractivity contribution >= 4 is 24.0 Å². The Labute approximate surface area is 151 Å². The van der Waals surface area contributed by atoms with Crippen LogP contribution in [0.5, 0.6) is 11.5 Å². The molecule has 25 heavy (non-hydrogen) atoms. The predicted octanol–water partition coefficient (Wildman–Crippen LogP) is 1.91. The van der Waals surface area contributed by atoms with E-state index in [1.54, 1.807) is 18.2 Å². The van der Waals surface area contributed by atoms with Crippen LogP contribution in [-0.4, -0.2) is 40.8 Å². The smallest absolute Gasteiger partial charge is 0.278 e. The maximum Gasteiger partial charge on any atom is 0.278 e. The van der Waals surface area contributed by atoms with Crippen LogP contribution in [0.1, 0.15) is 35.1 Å². The summed E-state index contributed by atoms with van der Waals surface area (Å²) in [7, 11) is 0. The number of nitrogens with one attached hydrogen (secondary N) is 2. The number of anilines is 1. The summed E-state index contributed by atoms with van der Waals surface area (Å²) in [5, 5.41) is 14.4. The number of nitrogens with zero attached hydrogens (tertiary/aromatic N) is 3. The van der Waals surface area contributed by atoms with Crippen LogP contribution >= 0.6 is 12.4 Å². The number of rotatable bonds is 3. The number of amides is 1. The van der Waals surface area contributed by atoms with Crippen LogP contribution in [0, 0.1) is 6.92 Å². The second-order valence-corrected chi connectivity index (χ2v) is 5.97. The highest BCUT2D eigenvalue weighted by molar-refractivity contribution is 6.03. The first-order valence-electron chi connectivity index (χ1n) is 8.06. The average Bonchev–Trinajstić information content (AvgIpc) is 3.21. The molecule has 0 spiro atoms. The van der Waals surface area contributed by atoms with E-state index in [-0.39, 0.29) is 25.1 Å². The monoisotopic (exact) mass is 365 g/mol. The van der Waals surface area contributed by atoms with Gasteiger partial charge in [0, 0.05) is 11.8 Å². The van der Waals surface area contributed by atoms with E-state index in [4.69, 9.17) is 9.47 Å². The van der Waals surface area contributed by atoms with E-state index in [0.29, 0.717) is 28.9 Å². The van der Waals surface area contributed by atoms with Crippen LogP contribution in [0.25, 0.3) is 0 Å². The standard InChI is InChI=1S/C16H19N5O3.ClH/c1-10-15(19-20-21(10)12-4-6-17-7-5-12)16(22)18-11-2-3-13-14(8-11)24-9-23-13;/h2-3,8,12,17H,4-7,9H2,1H3,(H,18,22);1H. The van der Waals surface area contributed by atoms with Gasteiger partial charge in [-0.3, -0.25) is 4.79 Å². The summed E-state index contributed by atoms with van der Waals surface area (Å²) in [5.74, 6) is 1.04. The normalized spacial score (nSPS) is 16.4. The molecule has 0 aliphatic carbocycles. The van der Waals surface area contributed by atoms with Crippen molar-refractivity contribution in [3.63, 3.8) is 0 Å². The van der Waals surface area contributed by atoms with E-state index in [0.717, 1.165) is 31.6 Å². The van der Waals surface area contributed by atoms with Gasteiger partial charge in [0.15, 0.2) is 17.2 Å². The van der Waals surface area contributed by atoms with Crippen LogP contribution in [0.15, 0.2) is 18.2 Å². The molecule has 0 unspecified atom stereocenters. The Morgan fingerprint density at radius 2 is 2.04 bits per heavy atom. The highest BCUT2D eigenvalue weighted by atomic mass is 35.5. The number of aromatic nitrogens is 3. The predicted molar refractivity (Wildman–Crippen MR) is 93.7 cm³/mol. The Bertz CT molecular complexity index is 773. The molecule has 1 aromatic heterocycles. The first-order chi connectivity index (χ1) is 11.7. The average molecular weight is 366 g/mol. The highest BCUT2D eigenvalue weighted by Gasteiger charge is 2.23. The zero-order valence-electron chi connectivity index (χ0n) is 13.8. The molecule has 2 aromatic rings. The van der Waals surface area contributed by atoms with Crippen LogP contribution in [0.3, 0.4) is 0 Å². The molecule has 0 radical (unpaired) electrons. The van der Waals surface area contributed by atoms with Gasteiger partial charge < -0.3 is 20.1 Å². The third kappa shape index (κ3) is 3.40. The van der Waals surface area contributed by atoms with Gasteiger partial charge in [0.1, 0.15) is 0 Å². The first kappa shape index (κ1) is 17.5. The van der Waals surface area contributed by atoms with E-state index in [1.165, 1.54) is 0 Å². The van der Waals surface area contributed by atoms with Crippen molar-refractivity contribution in [2.45, 2.75) is 25.8 Å². The molecule has 2 aliphatic heterocycles. The fraction of sp³-hybridized carbons (Fsp3) is 0.438. The molecule has 2 N–H and O–H groups in total. The van der Waals surface area contributed by atoms with Crippen molar-refractivity contribution in [2.24, 2.45) is 0 Å². The van der Waals surface area contributed by atoms with Crippen molar-refractivity contribution in [1.29, 1.82) is 0 Å². The lowest BCUT2D eigenvalue weighted by atomic mass is 10.1. The molecular weight excluding hydrogens is 346 g/mol. The van der Waals surface area contributed by atoms with Gasteiger partial charge in [0.2, 0.25) is 6.79 Å². The molecule has 8 nitrogen and oxygen atoms in total. The van der Waals surface area contributed by atoms with Gasteiger partial charge in [-0.15, -0.1) is 17.5 Å². The lowest BCUT2D eigenvalue weighted by Crippen LogP contribution is -2.30. The lowest BCUT2D eigenvalue weighted by Gasteiger charge is -2.23. The van der Waals surface area contributed by atoms with Crippen molar-refractivity contribution in [3.8, 4) is 11.5 Å². The van der Waals surface area contributed by atoms with Gasteiger partial charge >= 0.3 is 0 Å². The minimum atomic E-state index is -0.272. The number of hydrogen-bond acceptors (Lipinski definition) is 6. The SMILES string of the molecule is Cc1c(C(=O)Nc2ccc3c(c2)OCO3)nnn1C1CCNCC1.Cl. The topological polar surface area (TPSA) is 90.3 Å². The Kier molecular flexibility index (Phi) is 5.10. The van der Waals surface area contributed by atoms with Crippen molar-refractivity contribution in [3.05, 3.63) is 29.6 Å². The fourth-order valence-corrected chi connectivity index (χ4v) is 3.11. The molecular formula is C16H20ClN5O3. The van der Waals surface area contributed by atoms with Gasteiger partial charge in [-0.2, -0.15) is 0 Å². The lowest BCUT2D eigenvalue weighted by molar-refractivity contribution is 0.102. The zero-order valence-corrected chi connectivity index (χ0v) is 14.6. The Morgan fingerprint density at radius 3 is 2.84 bits per heavy atom. The van der Waals surface area contributed by atoms with Crippen LogP contribution in [0.4, 0.5) is 5.69 Å². The number of carbonyl (C=O) groups is 1. The third-order valence-corrected chi connectivity index (χ3v) is 4.43. The molecule has 2 aliphatic rings. The second kappa shape index (κ2) is 7.28. The highest BCUT2D eigenvalue weighted by Crippen LogP contribution is 2.34. The Balaban J connectivity index is 0.00000182. The second-order valence-electron chi connectivity index (χ2n) is 5.97. The summed E-state index contributed by atoms with van der Waals surface area (Å²) >= 11 is 0. The molecule has 1 saturated heterocycles. The Morgan fingerprint density at radius 1 is 1.28 bits per heavy atom. The van der Waals surface area contributed by atoms with E-state index in [1.807, 2.05) is 11.6 Å². The summed E-state index contributed by atoms with van der Waals surface area (Å²) in [6.07, 6.45) is 1.99. The first-order valence-corrected chi connectivity index (χ1v) is 8.06. The van der Waals surface area contributed by atoms with E-state index >= 15 is 0 Å². The molecule has 4 rings (SSSR count). The van der Waals surface area contributed by atoms with Crippen molar-refractivity contribution < 1.29 is 14.3 Å². The quantitative estimate of drug-likeness (QED) is 0.863. The molecule has 3 heterocycles. The number of benzene rings is 1. The number of halogens is 1. The van der Waals surface area contributed by atoms with Gasteiger partial charge in [0.25, 0.3) is 5.91 Å². The number of hydrogen-bond donors (Lipinski definition) is 2. The number of ether oxygens (including phenoxy) is 2. The molecule has 0 saturated carbocycles. The summed E-state index contributed by atoms with van der Waals surface area (Å²) < 4.78 is 12.5. The van der Waals surface area contributed by atoms with Crippen molar-refractivity contribution in [1.82, 2.24) is 20.3 Å².